The van der Waals surface area contributed by atoms with Crippen LogP contribution in [0, 0.1) is 5.92 Å². The van der Waals surface area contributed by atoms with Crippen LogP contribution in [0.4, 0.5) is 0 Å². The Bertz CT molecular complexity index is 446. The lowest BCUT2D eigenvalue weighted by atomic mass is 10.1. The molecule has 0 aliphatic rings. The topological polar surface area (TPSA) is 81.4 Å². The average molecular weight is 278 g/mol. The summed E-state index contributed by atoms with van der Waals surface area (Å²) in [6.07, 6.45) is -0.160. The van der Waals surface area contributed by atoms with Gasteiger partial charge in [0.05, 0.1) is 12.0 Å². The third-order valence-corrected chi connectivity index (χ3v) is 2.78. The summed E-state index contributed by atoms with van der Waals surface area (Å²) in [4.78, 5) is 23.5. The third kappa shape index (κ3) is 5.01. The molecule has 3 N–H and O–H groups in total. The third-order valence-electron chi connectivity index (χ3n) is 2.78. The number of carbonyl (C=O) groups is 2. The lowest BCUT2D eigenvalue weighted by Crippen LogP contribution is -2.38. The molecule has 0 aromatic heterocycles. The highest BCUT2D eigenvalue weighted by Gasteiger charge is 2.19. The summed E-state index contributed by atoms with van der Waals surface area (Å²) in [6, 6.07) is 8.36. The zero-order valence-corrected chi connectivity index (χ0v) is 12.1. The first kappa shape index (κ1) is 16.2. The summed E-state index contributed by atoms with van der Waals surface area (Å²) in [5, 5.41) is 2.67. The molecule has 0 heterocycles. The molecule has 5 heteroatoms. The van der Waals surface area contributed by atoms with Crippen LogP contribution in [0.5, 0.6) is 0 Å². The standard InChI is InChI=1S/C15H22N2O3/c1-10(2)20-15(19)11(3)9-17-14(18)13(16)12-7-5-4-6-8-12/h4-8,10-11,13H,9,16H2,1-3H3,(H,17,18). The van der Waals surface area contributed by atoms with Crippen LogP contribution in [-0.2, 0) is 14.3 Å². The van der Waals surface area contributed by atoms with Gasteiger partial charge in [0.1, 0.15) is 6.04 Å². The molecular formula is C15H22N2O3. The predicted octanol–water partition coefficient (Wildman–Crippen LogP) is 1.39. The molecule has 1 aromatic rings. The Morgan fingerprint density at radius 2 is 1.80 bits per heavy atom. The lowest BCUT2D eigenvalue weighted by Gasteiger charge is -2.16. The van der Waals surface area contributed by atoms with E-state index in [2.05, 4.69) is 5.32 Å². The minimum atomic E-state index is -0.732. The molecule has 0 aliphatic carbocycles. The minimum Gasteiger partial charge on any atom is -0.463 e. The molecule has 110 valence electrons. The molecule has 0 aliphatic heterocycles. The van der Waals surface area contributed by atoms with Crippen LogP contribution in [0.2, 0.25) is 0 Å². The predicted molar refractivity (Wildman–Crippen MR) is 76.8 cm³/mol. The Kier molecular flexibility index (Phi) is 6.18. The average Bonchev–Trinajstić information content (AvgIpc) is 2.43. The number of amides is 1. The van der Waals surface area contributed by atoms with Crippen molar-refractivity contribution in [1.82, 2.24) is 5.32 Å². The van der Waals surface area contributed by atoms with Crippen LogP contribution in [-0.4, -0.2) is 24.5 Å². The fraction of sp³-hybridized carbons (Fsp3) is 0.467. The Labute approximate surface area is 119 Å². The Morgan fingerprint density at radius 1 is 1.20 bits per heavy atom. The van der Waals surface area contributed by atoms with E-state index in [-0.39, 0.29) is 24.5 Å². The van der Waals surface area contributed by atoms with Gasteiger partial charge in [0.15, 0.2) is 0 Å². The molecule has 2 unspecified atom stereocenters. The fourth-order valence-corrected chi connectivity index (χ4v) is 1.61. The normalized spacial score (nSPS) is 13.7. The molecule has 1 amide bonds. The van der Waals surface area contributed by atoms with E-state index in [0.717, 1.165) is 5.56 Å². The quantitative estimate of drug-likeness (QED) is 0.770. The van der Waals surface area contributed by atoms with E-state index in [4.69, 9.17) is 10.5 Å². The Hall–Kier alpha value is -1.88. The van der Waals surface area contributed by atoms with Gasteiger partial charge in [0, 0.05) is 6.54 Å². The van der Waals surface area contributed by atoms with Crippen LogP contribution in [0.15, 0.2) is 30.3 Å². The fourth-order valence-electron chi connectivity index (χ4n) is 1.61. The van der Waals surface area contributed by atoms with Crippen molar-refractivity contribution < 1.29 is 14.3 Å². The van der Waals surface area contributed by atoms with Gasteiger partial charge in [-0.1, -0.05) is 37.3 Å². The van der Waals surface area contributed by atoms with Crippen molar-refractivity contribution in [3.05, 3.63) is 35.9 Å². The van der Waals surface area contributed by atoms with E-state index in [1.807, 2.05) is 18.2 Å². The van der Waals surface area contributed by atoms with Gasteiger partial charge in [-0.2, -0.15) is 0 Å². The molecule has 0 saturated heterocycles. The summed E-state index contributed by atoms with van der Waals surface area (Å²) >= 11 is 0. The van der Waals surface area contributed by atoms with Gasteiger partial charge in [0.2, 0.25) is 5.91 Å². The molecule has 2 atom stereocenters. The second-order valence-electron chi connectivity index (χ2n) is 5.02. The second-order valence-corrected chi connectivity index (χ2v) is 5.02. The number of hydrogen-bond acceptors (Lipinski definition) is 4. The summed E-state index contributed by atoms with van der Waals surface area (Å²) in [7, 11) is 0. The SMILES string of the molecule is CC(C)OC(=O)C(C)CNC(=O)C(N)c1ccccc1. The number of esters is 1. The van der Waals surface area contributed by atoms with Crippen LogP contribution in [0.3, 0.4) is 0 Å². The van der Waals surface area contributed by atoms with E-state index in [1.54, 1.807) is 32.9 Å². The summed E-state index contributed by atoms with van der Waals surface area (Å²) in [5.74, 6) is -1.03. The van der Waals surface area contributed by atoms with Crippen LogP contribution >= 0.6 is 0 Å². The zero-order valence-electron chi connectivity index (χ0n) is 12.1. The molecule has 1 aromatic carbocycles. The monoisotopic (exact) mass is 278 g/mol. The van der Waals surface area contributed by atoms with Gasteiger partial charge in [-0.05, 0) is 19.4 Å². The minimum absolute atomic E-state index is 0.160. The molecule has 0 bridgehead atoms. The van der Waals surface area contributed by atoms with Crippen molar-refractivity contribution in [2.24, 2.45) is 11.7 Å². The van der Waals surface area contributed by atoms with Crippen molar-refractivity contribution in [2.75, 3.05) is 6.54 Å². The van der Waals surface area contributed by atoms with Crippen molar-refractivity contribution in [2.45, 2.75) is 32.9 Å². The van der Waals surface area contributed by atoms with Crippen molar-refractivity contribution in [3.8, 4) is 0 Å². The lowest BCUT2D eigenvalue weighted by molar-refractivity contribution is -0.151. The van der Waals surface area contributed by atoms with Gasteiger partial charge >= 0.3 is 5.97 Å². The van der Waals surface area contributed by atoms with Gasteiger partial charge in [-0.15, -0.1) is 0 Å². The Balaban J connectivity index is 2.45. The number of rotatable bonds is 6. The highest BCUT2D eigenvalue weighted by atomic mass is 16.5. The van der Waals surface area contributed by atoms with E-state index >= 15 is 0 Å². The number of carbonyl (C=O) groups excluding carboxylic acids is 2. The van der Waals surface area contributed by atoms with E-state index in [9.17, 15) is 9.59 Å². The molecule has 0 saturated carbocycles. The van der Waals surface area contributed by atoms with Gasteiger partial charge < -0.3 is 15.8 Å². The number of benzene rings is 1. The molecule has 0 radical (unpaired) electrons. The maximum Gasteiger partial charge on any atom is 0.310 e. The molecule has 5 nitrogen and oxygen atoms in total. The molecule has 0 spiro atoms. The first-order valence-corrected chi connectivity index (χ1v) is 6.70. The number of ether oxygens (including phenoxy) is 1. The van der Waals surface area contributed by atoms with Crippen molar-refractivity contribution >= 4 is 11.9 Å². The highest BCUT2D eigenvalue weighted by molar-refractivity contribution is 5.83. The molecular weight excluding hydrogens is 256 g/mol. The summed E-state index contributed by atoms with van der Waals surface area (Å²) < 4.78 is 5.07. The van der Waals surface area contributed by atoms with Gasteiger partial charge in [0.25, 0.3) is 0 Å². The maximum absolute atomic E-state index is 11.9. The van der Waals surface area contributed by atoms with Gasteiger partial charge in [-0.25, -0.2) is 0 Å². The van der Waals surface area contributed by atoms with E-state index in [1.165, 1.54) is 0 Å². The molecule has 0 fully saturated rings. The highest BCUT2D eigenvalue weighted by Crippen LogP contribution is 2.09. The van der Waals surface area contributed by atoms with E-state index in [0.29, 0.717) is 0 Å². The number of nitrogens with two attached hydrogens (primary N) is 1. The van der Waals surface area contributed by atoms with Crippen molar-refractivity contribution in [1.29, 1.82) is 0 Å². The second kappa shape index (κ2) is 7.65. The number of hydrogen-bond donors (Lipinski definition) is 2. The summed E-state index contributed by atoms with van der Waals surface area (Å²) in [6.45, 7) is 5.49. The maximum atomic E-state index is 11.9. The van der Waals surface area contributed by atoms with Crippen LogP contribution in [0.1, 0.15) is 32.4 Å². The molecule has 1 rings (SSSR count). The van der Waals surface area contributed by atoms with Crippen LogP contribution in [0.25, 0.3) is 0 Å². The smallest absolute Gasteiger partial charge is 0.310 e. The number of nitrogens with one attached hydrogen (secondary N) is 1. The van der Waals surface area contributed by atoms with Crippen molar-refractivity contribution in [3.63, 3.8) is 0 Å². The first-order chi connectivity index (χ1) is 9.41. The largest absolute Gasteiger partial charge is 0.463 e. The zero-order chi connectivity index (χ0) is 15.1. The molecule has 20 heavy (non-hydrogen) atoms. The van der Waals surface area contributed by atoms with Gasteiger partial charge in [-0.3, -0.25) is 9.59 Å². The summed E-state index contributed by atoms with van der Waals surface area (Å²) in [5.41, 5.74) is 6.59. The van der Waals surface area contributed by atoms with E-state index < -0.39 is 12.0 Å². The van der Waals surface area contributed by atoms with Crippen LogP contribution < -0.4 is 11.1 Å². The first-order valence-electron chi connectivity index (χ1n) is 6.70. The Morgan fingerprint density at radius 3 is 2.35 bits per heavy atom.